The van der Waals surface area contributed by atoms with E-state index < -0.39 is 0 Å². The molecule has 0 spiro atoms. The summed E-state index contributed by atoms with van der Waals surface area (Å²) in [7, 11) is 1.65. The Kier molecular flexibility index (Phi) is 6.26. The summed E-state index contributed by atoms with van der Waals surface area (Å²) in [4.78, 5) is 16.4. The zero-order valence-electron chi connectivity index (χ0n) is 15.5. The number of hydrogen-bond donors (Lipinski definition) is 3. The fourth-order valence-corrected chi connectivity index (χ4v) is 2.63. The summed E-state index contributed by atoms with van der Waals surface area (Å²) in [6, 6.07) is 13.1. The topological polar surface area (TPSA) is 91.9 Å². The van der Waals surface area contributed by atoms with Crippen molar-refractivity contribution in [1.29, 1.82) is 0 Å². The molecule has 1 aromatic carbocycles. The molecule has 0 saturated carbocycles. The number of ether oxygens (including phenoxy) is 1. The minimum Gasteiger partial charge on any atom is -0.497 e. The van der Waals surface area contributed by atoms with Crippen LogP contribution in [0.25, 0.3) is 0 Å². The Hall–Kier alpha value is -3.79. The fraction of sp³-hybridized carbons (Fsp3) is 0.190. The minimum absolute atomic E-state index is 0.304. The van der Waals surface area contributed by atoms with Crippen molar-refractivity contribution in [2.24, 2.45) is 0 Å². The summed E-state index contributed by atoms with van der Waals surface area (Å²) in [6.45, 7) is 0.403. The van der Waals surface area contributed by atoms with Gasteiger partial charge in [0.25, 0.3) is 5.91 Å². The Morgan fingerprint density at radius 3 is 2.89 bits per heavy atom. The van der Waals surface area contributed by atoms with Crippen molar-refractivity contribution in [1.82, 2.24) is 15.2 Å². The molecule has 28 heavy (non-hydrogen) atoms. The second kappa shape index (κ2) is 9.24. The first-order valence-corrected chi connectivity index (χ1v) is 8.80. The van der Waals surface area contributed by atoms with E-state index in [2.05, 4.69) is 31.7 Å². The van der Waals surface area contributed by atoms with Gasteiger partial charge in [0.15, 0.2) is 0 Å². The van der Waals surface area contributed by atoms with Crippen molar-refractivity contribution in [2.75, 3.05) is 24.3 Å². The van der Waals surface area contributed by atoms with Crippen LogP contribution < -0.4 is 15.4 Å². The minimum atomic E-state index is -0.313. The largest absolute Gasteiger partial charge is 0.497 e. The number of carbonyl (C=O) groups is 1. The van der Waals surface area contributed by atoms with E-state index >= 15 is 0 Å². The quantitative estimate of drug-likeness (QED) is 0.527. The van der Waals surface area contributed by atoms with Crippen molar-refractivity contribution < 1.29 is 9.53 Å². The van der Waals surface area contributed by atoms with Crippen LogP contribution in [0.5, 0.6) is 5.75 Å². The van der Waals surface area contributed by atoms with Gasteiger partial charge in [0, 0.05) is 6.07 Å². The maximum Gasteiger partial charge on any atom is 0.275 e. The SMILES string of the molecule is C#CCNc1ccc(C(=O)Nc2cc(CCc3cccc(OC)c3)n[nH]2)nc1. The van der Waals surface area contributed by atoms with E-state index in [0.29, 0.717) is 18.1 Å². The van der Waals surface area contributed by atoms with Gasteiger partial charge >= 0.3 is 0 Å². The van der Waals surface area contributed by atoms with Crippen LogP contribution in [0.15, 0.2) is 48.7 Å². The number of aryl methyl sites for hydroxylation is 2. The predicted molar refractivity (Wildman–Crippen MR) is 109 cm³/mol. The number of hydrogen-bond acceptors (Lipinski definition) is 5. The number of rotatable bonds is 8. The number of amides is 1. The molecular weight excluding hydrogens is 354 g/mol. The van der Waals surface area contributed by atoms with Crippen LogP contribution in [0.1, 0.15) is 21.7 Å². The third-order valence-corrected chi connectivity index (χ3v) is 4.07. The molecule has 0 aliphatic rings. The summed E-state index contributed by atoms with van der Waals surface area (Å²) in [5.41, 5.74) is 3.09. The average Bonchev–Trinajstić information content (AvgIpc) is 3.18. The normalized spacial score (nSPS) is 10.1. The highest BCUT2D eigenvalue weighted by Crippen LogP contribution is 2.15. The highest BCUT2D eigenvalue weighted by Gasteiger charge is 2.10. The van der Waals surface area contributed by atoms with Crippen molar-refractivity contribution in [3.63, 3.8) is 0 Å². The number of anilines is 2. The maximum atomic E-state index is 12.3. The van der Waals surface area contributed by atoms with Gasteiger partial charge in [0.2, 0.25) is 0 Å². The van der Waals surface area contributed by atoms with Crippen LogP contribution in [0.4, 0.5) is 11.5 Å². The lowest BCUT2D eigenvalue weighted by Gasteiger charge is -2.04. The molecule has 0 bridgehead atoms. The van der Waals surface area contributed by atoms with Gasteiger partial charge < -0.3 is 15.4 Å². The molecule has 3 rings (SSSR count). The molecule has 1 amide bonds. The Bertz CT molecular complexity index is 973. The molecule has 3 N–H and O–H groups in total. The molecular formula is C21H21N5O2. The molecule has 142 valence electrons. The molecule has 0 fully saturated rings. The van der Waals surface area contributed by atoms with Gasteiger partial charge in [-0.1, -0.05) is 18.1 Å². The number of H-pyrrole nitrogens is 1. The van der Waals surface area contributed by atoms with E-state index in [-0.39, 0.29) is 5.91 Å². The molecule has 0 atom stereocenters. The molecule has 0 radical (unpaired) electrons. The monoisotopic (exact) mass is 375 g/mol. The number of aromatic amines is 1. The Morgan fingerprint density at radius 2 is 2.14 bits per heavy atom. The van der Waals surface area contributed by atoms with Crippen LogP contribution >= 0.6 is 0 Å². The number of benzene rings is 1. The van der Waals surface area contributed by atoms with E-state index in [1.807, 2.05) is 30.3 Å². The molecule has 0 saturated heterocycles. The lowest BCUT2D eigenvalue weighted by molar-refractivity contribution is 0.102. The van der Waals surface area contributed by atoms with E-state index in [1.54, 1.807) is 25.4 Å². The smallest absolute Gasteiger partial charge is 0.275 e. The number of aromatic nitrogens is 3. The molecule has 0 aliphatic carbocycles. The van der Waals surface area contributed by atoms with Gasteiger partial charge in [-0.25, -0.2) is 4.98 Å². The highest BCUT2D eigenvalue weighted by molar-refractivity contribution is 6.02. The third-order valence-electron chi connectivity index (χ3n) is 4.07. The van der Waals surface area contributed by atoms with Crippen molar-refractivity contribution in [3.8, 4) is 18.1 Å². The molecule has 7 heteroatoms. The van der Waals surface area contributed by atoms with Gasteiger partial charge in [-0.05, 0) is 42.7 Å². The van der Waals surface area contributed by atoms with E-state index in [0.717, 1.165) is 35.5 Å². The molecule has 2 aromatic heterocycles. The summed E-state index contributed by atoms with van der Waals surface area (Å²) in [5, 5.41) is 12.8. The average molecular weight is 375 g/mol. The number of methoxy groups -OCH3 is 1. The number of nitrogens with zero attached hydrogens (tertiary/aromatic N) is 2. The van der Waals surface area contributed by atoms with E-state index in [4.69, 9.17) is 11.2 Å². The molecule has 0 aliphatic heterocycles. The maximum absolute atomic E-state index is 12.3. The van der Waals surface area contributed by atoms with Crippen LogP contribution in [0, 0.1) is 12.3 Å². The zero-order valence-corrected chi connectivity index (χ0v) is 15.5. The van der Waals surface area contributed by atoms with Gasteiger partial charge in [-0.2, -0.15) is 5.10 Å². The predicted octanol–water partition coefficient (Wildman–Crippen LogP) is 2.90. The number of pyridine rings is 1. The third kappa shape index (κ3) is 5.11. The summed E-state index contributed by atoms with van der Waals surface area (Å²) >= 11 is 0. The van der Waals surface area contributed by atoms with Gasteiger partial charge in [-0.3, -0.25) is 9.89 Å². The highest BCUT2D eigenvalue weighted by atomic mass is 16.5. The first-order chi connectivity index (χ1) is 13.7. The van der Waals surface area contributed by atoms with Crippen molar-refractivity contribution in [2.45, 2.75) is 12.8 Å². The van der Waals surface area contributed by atoms with Gasteiger partial charge in [0.1, 0.15) is 17.3 Å². The van der Waals surface area contributed by atoms with Gasteiger partial charge in [0.05, 0.1) is 31.2 Å². The molecule has 3 aromatic rings. The number of nitrogens with one attached hydrogen (secondary N) is 3. The van der Waals surface area contributed by atoms with Crippen LogP contribution in [0.3, 0.4) is 0 Å². The number of carbonyl (C=O) groups excluding carboxylic acids is 1. The lowest BCUT2D eigenvalue weighted by Crippen LogP contribution is -2.14. The Balaban J connectivity index is 1.55. The zero-order chi connectivity index (χ0) is 19.8. The van der Waals surface area contributed by atoms with E-state index in [1.165, 1.54) is 0 Å². The van der Waals surface area contributed by atoms with Gasteiger partial charge in [-0.15, -0.1) is 6.42 Å². The lowest BCUT2D eigenvalue weighted by atomic mass is 10.1. The Morgan fingerprint density at radius 1 is 1.25 bits per heavy atom. The van der Waals surface area contributed by atoms with Crippen LogP contribution in [0.2, 0.25) is 0 Å². The first kappa shape index (κ1) is 19.0. The van der Waals surface area contributed by atoms with Crippen LogP contribution in [-0.4, -0.2) is 34.7 Å². The molecule has 7 nitrogen and oxygen atoms in total. The first-order valence-electron chi connectivity index (χ1n) is 8.80. The number of terminal acetylenes is 1. The Labute approximate surface area is 163 Å². The molecule has 0 unspecified atom stereocenters. The van der Waals surface area contributed by atoms with E-state index in [9.17, 15) is 4.79 Å². The standard InChI is InChI=1S/C21H21N5O2/c1-3-11-22-17-9-10-19(23-14-17)21(27)24-20-13-16(25-26-20)8-7-15-5-4-6-18(12-15)28-2/h1,4-6,9-10,12-14,22H,7-8,11H2,2H3,(H2,24,25,26,27). The second-order valence-corrected chi connectivity index (χ2v) is 6.07. The summed E-state index contributed by atoms with van der Waals surface area (Å²) in [5.74, 6) is 3.53. The summed E-state index contributed by atoms with van der Waals surface area (Å²) < 4.78 is 5.24. The van der Waals surface area contributed by atoms with Crippen LogP contribution in [-0.2, 0) is 12.8 Å². The second-order valence-electron chi connectivity index (χ2n) is 6.07. The molecule has 2 heterocycles. The summed E-state index contributed by atoms with van der Waals surface area (Å²) in [6.07, 6.45) is 8.33. The fourth-order valence-electron chi connectivity index (χ4n) is 2.63. The van der Waals surface area contributed by atoms with Crippen molar-refractivity contribution in [3.05, 3.63) is 65.6 Å². The van der Waals surface area contributed by atoms with Crippen molar-refractivity contribution >= 4 is 17.4 Å².